The number of ether oxygens (including phenoxy) is 1. The van der Waals surface area contributed by atoms with E-state index in [4.69, 9.17) is 4.74 Å². The Kier molecular flexibility index (Phi) is 9.04. The van der Waals surface area contributed by atoms with Crippen LogP contribution in [0.4, 0.5) is 8.78 Å². The highest BCUT2D eigenvalue weighted by Crippen LogP contribution is 2.12. The van der Waals surface area contributed by atoms with E-state index >= 15 is 0 Å². The predicted molar refractivity (Wildman–Crippen MR) is 126 cm³/mol. The molecule has 0 aromatic heterocycles. The molecule has 0 fully saturated rings. The van der Waals surface area contributed by atoms with Gasteiger partial charge in [-0.15, -0.1) is 0 Å². The van der Waals surface area contributed by atoms with Gasteiger partial charge in [-0.1, -0.05) is 60.2 Å². The van der Waals surface area contributed by atoms with Crippen LogP contribution in [-0.2, 0) is 22.6 Å². The van der Waals surface area contributed by atoms with E-state index in [0.29, 0.717) is 6.07 Å². The van der Waals surface area contributed by atoms with Gasteiger partial charge in [0.25, 0.3) is 5.91 Å². The first-order chi connectivity index (χ1) is 16.9. The molecule has 0 aliphatic carbocycles. The first kappa shape index (κ1) is 25.5. The Labute approximate surface area is 202 Å². The van der Waals surface area contributed by atoms with Gasteiger partial charge in [0.15, 0.2) is 0 Å². The van der Waals surface area contributed by atoms with Gasteiger partial charge in [0, 0.05) is 12.5 Å². The number of benzene rings is 3. The van der Waals surface area contributed by atoms with Crippen LogP contribution in [-0.4, -0.2) is 30.5 Å². The number of nitrogens with one attached hydrogen (secondary N) is 2. The monoisotopic (exact) mass is 477 g/mol. The summed E-state index contributed by atoms with van der Waals surface area (Å²) < 4.78 is 32.9. The summed E-state index contributed by atoms with van der Waals surface area (Å²) in [5.41, 5.74) is 2.25. The molecular weight excluding hydrogens is 452 g/mol. The van der Waals surface area contributed by atoms with E-state index < -0.39 is 41.1 Å². The highest BCUT2D eigenvalue weighted by molar-refractivity contribution is 5.97. The molecule has 2 N–H and O–H groups in total. The molecule has 2 amide bonds. The van der Waals surface area contributed by atoms with Crippen LogP contribution in [0.1, 0.15) is 27.0 Å². The number of halogens is 2. The zero-order chi connectivity index (χ0) is 25.2. The van der Waals surface area contributed by atoms with E-state index in [1.54, 1.807) is 6.07 Å². The van der Waals surface area contributed by atoms with Crippen LogP contribution in [0, 0.1) is 29.9 Å². The highest BCUT2D eigenvalue weighted by atomic mass is 19.1. The van der Waals surface area contributed by atoms with E-state index in [-0.39, 0.29) is 19.6 Å². The number of rotatable bonds is 10. The van der Waals surface area contributed by atoms with Gasteiger partial charge in [-0.2, -0.15) is 5.26 Å². The highest BCUT2D eigenvalue weighted by Gasteiger charge is 2.25. The minimum atomic E-state index is -1.11. The largest absolute Gasteiger partial charge is 0.374 e. The van der Waals surface area contributed by atoms with Crippen LogP contribution in [0.15, 0.2) is 72.8 Å². The lowest BCUT2D eigenvalue weighted by Gasteiger charge is -2.21. The molecule has 3 rings (SSSR count). The molecule has 0 radical (unpaired) electrons. The fourth-order valence-electron chi connectivity index (χ4n) is 3.45. The van der Waals surface area contributed by atoms with Crippen molar-refractivity contribution >= 4 is 11.8 Å². The third kappa shape index (κ3) is 7.73. The lowest BCUT2D eigenvalue weighted by atomic mass is 10.0. The van der Waals surface area contributed by atoms with Gasteiger partial charge in [0.2, 0.25) is 5.91 Å². The molecule has 0 saturated carbocycles. The number of hydrogen-bond acceptors (Lipinski definition) is 4. The first-order valence-electron chi connectivity index (χ1n) is 11.0. The number of amides is 2. The Morgan fingerprint density at radius 1 is 0.971 bits per heavy atom. The van der Waals surface area contributed by atoms with Crippen molar-refractivity contribution in [2.75, 3.05) is 6.61 Å². The minimum Gasteiger partial charge on any atom is -0.374 e. The van der Waals surface area contributed by atoms with Crippen LogP contribution in [0.3, 0.4) is 0 Å². The molecule has 2 atom stereocenters. The normalized spacial score (nSPS) is 12.3. The zero-order valence-corrected chi connectivity index (χ0v) is 19.1. The molecule has 0 heterocycles. The van der Waals surface area contributed by atoms with Gasteiger partial charge in [0.1, 0.15) is 23.7 Å². The van der Waals surface area contributed by atoms with Gasteiger partial charge in [-0.05, 0) is 30.2 Å². The van der Waals surface area contributed by atoms with Crippen molar-refractivity contribution in [2.24, 2.45) is 0 Å². The van der Waals surface area contributed by atoms with Crippen molar-refractivity contribution < 1.29 is 23.1 Å². The fourth-order valence-corrected chi connectivity index (χ4v) is 3.45. The Bertz CT molecular complexity index is 1210. The van der Waals surface area contributed by atoms with E-state index in [9.17, 15) is 23.6 Å². The second kappa shape index (κ2) is 12.4. The second-order valence-electron chi connectivity index (χ2n) is 8.03. The van der Waals surface area contributed by atoms with Crippen LogP contribution in [0.25, 0.3) is 0 Å². The standard InChI is InChI=1S/C27H25F2N3O3/c1-18-6-5-9-20(12-18)13-25(32-26(33)23-11-10-21(28)14-24(23)29)27(34)31-22(15-30)17-35-16-19-7-3-2-4-8-19/h2-12,14,22,25H,13,16-17H2,1H3,(H,31,34)(H,32,33)/t22-,25+/m1/s1. The summed E-state index contributed by atoms with van der Waals surface area (Å²) in [6.45, 7) is 2.10. The summed E-state index contributed by atoms with van der Waals surface area (Å²) in [6.07, 6.45) is 0.102. The van der Waals surface area contributed by atoms with Gasteiger partial charge < -0.3 is 15.4 Å². The van der Waals surface area contributed by atoms with E-state index in [2.05, 4.69) is 10.6 Å². The molecule has 35 heavy (non-hydrogen) atoms. The fraction of sp³-hybridized carbons (Fsp3) is 0.222. The molecule has 0 aliphatic heterocycles. The summed E-state index contributed by atoms with van der Waals surface area (Å²) in [5, 5.41) is 14.6. The van der Waals surface area contributed by atoms with Crippen LogP contribution in [0.5, 0.6) is 0 Å². The Morgan fingerprint density at radius 2 is 1.71 bits per heavy atom. The lowest BCUT2D eigenvalue weighted by molar-refractivity contribution is -0.123. The van der Waals surface area contributed by atoms with E-state index in [1.807, 2.05) is 61.5 Å². The number of hydrogen-bond donors (Lipinski definition) is 2. The van der Waals surface area contributed by atoms with Gasteiger partial charge in [-0.3, -0.25) is 9.59 Å². The molecule has 6 nitrogen and oxygen atoms in total. The topological polar surface area (TPSA) is 91.2 Å². The molecule has 180 valence electrons. The molecular formula is C27H25F2N3O3. The van der Waals surface area contributed by atoms with Gasteiger partial charge in [0.05, 0.1) is 24.8 Å². The quantitative estimate of drug-likeness (QED) is 0.464. The number of nitrogens with zero attached hydrogens (tertiary/aromatic N) is 1. The van der Waals surface area contributed by atoms with Crippen molar-refractivity contribution in [2.45, 2.75) is 32.0 Å². The maximum atomic E-state index is 14.1. The van der Waals surface area contributed by atoms with Crippen molar-refractivity contribution in [1.82, 2.24) is 10.6 Å². The Balaban J connectivity index is 1.70. The molecule has 0 bridgehead atoms. The summed E-state index contributed by atoms with van der Waals surface area (Å²) >= 11 is 0. The van der Waals surface area contributed by atoms with Crippen molar-refractivity contribution in [3.8, 4) is 6.07 Å². The van der Waals surface area contributed by atoms with Crippen molar-refractivity contribution in [3.05, 3.63) is 107 Å². The molecule has 3 aromatic rings. The Hall–Kier alpha value is -4.09. The SMILES string of the molecule is Cc1cccc(C[C@H](NC(=O)c2ccc(F)cc2F)C(=O)N[C@H](C#N)COCc2ccccc2)c1. The summed E-state index contributed by atoms with van der Waals surface area (Å²) in [6, 6.07) is 19.2. The minimum absolute atomic E-state index is 0.0607. The number of aryl methyl sites for hydroxylation is 1. The molecule has 8 heteroatoms. The average Bonchev–Trinajstić information content (AvgIpc) is 2.83. The Morgan fingerprint density at radius 3 is 2.40 bits per heavy atom. The van der Waals surface area contributed by atoms with Gasteiger partial charge in [-0.25, -0.2) is 8.78 Å². The van der Waals surface area contributed by atoms with E-state index in [1.165, 1.54) is 0 Å². The number of nitriles is 1. The number of carbonyl (C=O) groups is 2. The van der Waals surface area contributed by atoms with Crippen LogP contribution < -0.4 is 10.6 Å². The maximum absolute atomic E-state index is 14.1. The second-order valence-corrected chi connectivity index (χ2v) is 8.03. The molecule has 0 spiro atoms. The molecule has 0 saturated heterocycles. The summed E-state index contributed by atoms with van der Waals surface area (Å²) in [7, 11) is 0. The molecule has 3 aromatic carbocycles. The van der Waals surface area contributed by atoms with Crippen molar-refractivity contribution in [3.63, 3.8) is 0 Å². The van der Waals surface area contributed by atoms with Crippen LogP contribution in [0.2, 0.25) is 0 Å². The summed E-state index contributed by atoms with van der Waals surface area (Å²) in [4.78, 5) is 25.7. The predicted octanol–water partition coefficient (Wildman–Crippen LogP) is 3.84. The van der Waals surface area contributed by atoms with Crippen molar-refractivity contribution in [1.29, 1.82) is 5.26 Å². The van der Waals surface area contributed by atoms with E-state index in [0.717, 1.165) is 28.8 Å². The third-order valence-corrected chi connectivity index (χ3v) is 5.19. The lowest BCUT2D eigenvalue weighted by Crippen LogP contribution is -2.51. The van der Waals surface area contributed by atoms with Gasteiger partial charge >= 0.3 is 0 Å². The summed E-state index contributed by atoms with van der Waals surface area (Å²) in [5.74, 6) is -3.36. The molecule has 0 aliphatic rings. The third-order valence-electron chi connectivity index (χ3n) is 5.19. The average molecular weight is 478 g/mol. The van der Waals surface area contributed by atoms with Crippen LogP contribution >= 0.6 is 0 Å². The zero-order valence-electron chi connectivity index (χ0n) is 19.1. The number of carbonyl (C=O) groups excluding carboxylic acids is 2. The maximum Gasteiger partial charge on any atom is 0.254 e. The molecule has 0 unspecified atom stereocenters. The smallest absolute Gasteiger partial charge is 0.254 e. The first-order valence-corrected chi connectivity index (χ1v) is 11.0.